The fraction of sp³-hybridized carbons (Fsp3) is 0.636. The van der Waals surface area contributed by atoms with Crippen molar-refractivity contribution in [1.82, 2.24) is 9.78 Å². The molecule has 1 rings (SSSR count). The lowest BCUT2D eigenvalue weighted by Crippen LogP contribution is -2.07. The summed E-state index contributed by atoms with van der Waals surface area (Å²) in [5.41, 5.74) is 1.54. The summed E-state index contributed by atoms with van der Waals surface area (Å²) in [5.74, 6) is 0.594. The van der Waals surface area contributed by atoms with Crippen LogP contribution in [0.25, 0.3) is 0 Å². The van der Waals surface area contributed by atoms with Crippen LogP contribution in [0.1, 0.15) is 32.0 Å². The van der Waals surface area contributed by atoms with Crippen LogP contribution >= 0.6 is 11.8 Å². The van der Waals surface area contributed by atoms with E-state index in [2.05, 4.69) is 31.9 Å². The fourth-order valence-corrected chi connectivity index (χ4v) is 2.34. The molecule has 0 spiro atoms. The lowest BCUT2D eigenvalue weighted by molar-refractivity contribution is 0.634. The van der Waals surface area contributed by atoms with Crippen LogP contribution in [0.2, 0.25) is 0 Å². The van der Waals surface area contributed by atoms with Gasteiger partial charge in [-0.1, -0.05) is 20.8 Å². The highest BCUT2D eigenvalue weighted by atomic mass is 32.2. The zero-order chi connectivity index (χ0) is 11.6. The van der Waals surface area contributed by atoms with Crippen molar-refractivity contribution in [3.05, 3.63) is 11.3 Å². The van der Waals surface area contributed by atoms with Crippen molar-refractivity contribution in [3.8, 4) is 6.07 Å². The molecule has 82 valence electrons. The molecule has 0 saturated heterocycles. The molecule has 4 heteroatoms. The van der Waals surface area contributed by atoms with Gasteiger partial charge in [0.15, 0.2) is 0 Å². The SMILES string of the molecule is Cc1nn(C)c(SC(C)C(C)C)c1C#N. The largest absolute Gasteiger partial charge is 0.260 e. The number of thioether (sulfide) groups is 1. The third kappa shape index (κ3) is 2.54. The Morgan fingerprint density at radius 1 is 1.40 bits per heavy atom. The van der Waals surface area contributed by atoms with Gasteiger partial charge in [0.25, 0.3) is 0 Å². The fourth-order valence-electron chi connectivity index (χ4n) is 1.21. The molecule has 0 fully saturated rings. The first kappa shape index (κ1) is 12.1. The van der Waals surface area contributed by atoms with E-state index < -0.39 is 0 Å². The minimum atomic E-state index is 0.492. The Balaban J connectivity index is 3.00. The van der Waals surface area contributed by atoms with Crippen molar-refractivity contribution in [3.63, 3.8) is 0 Å². The number of hydrogen-bond donors (Lipinski definition) is 0. The van der Waals surface area contributed by atoms with Crippen molar-refractivity contribution >= 4 is 11.8 Å². The number of nitrogens with zero attached hydrogens (tertiary/aromatic N) is 3. The van der Waals surface area contributed by atoms with Crippen molar-refractivity contribution in [2.45, 2.75) is 38.0 Å². The molecule has 0 amide bonds. The summed E-state index contributed by atoms with van der Waals surface area (Å²) in [6.45, 7) is 8.43. The minimum Gasteiger partial charge on any atom is -0.260 e. The molecule has 0 aliphatic carbocycles. The normalized spacial score (nSPS) is 12.9. The van der Waals surface area contributed by atoms with E-state index in [0.29, 0.717) is 11.2 Å². The standard InChI is InChI=1S/C11H17N3S/c1-7(2)9(4)15-11-10(6-12)8(3)13-14(11)5/h7,9H,1-5H3. The van der Waals surface area contributed by atoms with E-state index >= 15 is 0 Å². The molecule has 3 nitrogen and oxygen atoms in total. The van der Waals surface area contributed by atoms with E-state index in [0.717, 1.165) is 16.3 Å². The summed E-state index contributed by atoms with van der Waals surface area (Å²) in [6, 6.07) is 2.22. The Morgan fingerprint density at radius 2 is 2.00 bits per heavy atom. The summed E-state index contributed by atoms with van der Waals surface area (Å²) in [7, 11) is 1.89. The van der Waals surface area contributed by atoms with Gasteiger partial charge < -0.3 is 0 Å². The zero-order valence-corrected chi connectivity index (χ0v) is 10.7. The Morgan fingerprint density at radius 3 is 2.47 bits per heavy atom. The zero-order valence-electron chi connectivity index (χ0n) is 9.90. The molecule has 15 heavy (non-hydrogen) atoms. The van der Waals surface area contributed by atoms with Gasteiger partial charge in [-0.15, -0.1) is 11.8 Å². The quantitative estimate of drug-likeness (QED) is 0.740. The van der Waals surface area contributed by atoms with Gasteiger partial charge >= 0.3 is 0 Å². The van der Waals surface area contributed by atoms with Crippen LogP contribution < -0.4 is 0 Å². The molecule has 0 N–H and O–H groups in total. The maximum absolute atomic E-state index is 9.05. The second kappa shape index (κ2) is 4.71. The van der Waals surface area contributed by atoms with Crippen LogP contribution in [-0.4, -0.2) is 15.0 Å². The lowest BCUT2D eigenvalue weighted by atomic mass is 10.2. The smallest absolute Gasteiger partial charge is 0.112 e. The van der Waals surface area contributed by atoms with Crippen LogP contribution in [-0.2, 0) is 7.05 Å². The van der Waals surface area contributed by atoms with Gasteiger partial charge in [0, 0.05) is 12.3 Å². The third-order valence-corrected chi connectivity index (χ3v) is 4.13. The van der Waals surface area contributed by atoms with E-state index in [1.54, 1.807) is 16.4 Å². The molecule has 0 aliphatic rings. The molecule has 0 bridgehead atoms. The Bertz CT molecular complexity index is 387. The molecule has 0 saturated carbocycles. The van der Waals surface area contributed by atoms with Gasteiger partial charge in [0.05, 0.1) is 5.69 Å². The molecule has 1 unspecified atom stereocenters. The summed E-state index contributed by atoms with van der Waals surface area (Å²) in [5, 5.41) is 14.8. The number of rotatable bonds is 3. The molecule has 0 aromatic carbocycles. The molecule has 1 aromatic heterocycles. The summed E-state index contributed by atoms with van der Waals surface area (Å²) in [4.78, 5) is 0. The molecule has 1 aromatic rings. The van der Waals surface area contributed by atoms with Crippen LogP contribution in [0.3, 0.4) is 0 Å². The van der Waals surface area contributed by atoms with Gasteiger partial charge in [-0.3, -0.25) is 4.68 Å². The minimum absolute atomic E-state index is 0.492. The molecule has 1 heterocycles. The van der Waals surface area contributed by atoms with Crippen LogP contribution in [0, 0.1) is 24.2 Å². The van der Waals surface area contributed by atoms with E-state index in [1.165, 1.54) is 0 Å². The van der Waals surface area contributed by atoms with Gasteiger partial charge in [-0.2, -0.15) is 10.4 Å². The Labute approximate surface area is 95.5 Å². The van der Waals surface area contributed by atoms with E-state index in [-0.39, 0.29) is 0 Å². The first-order valence-corrected chi connectivity index (χ1v) is 5.95. The second-order valence-corrected chi connectivity index (χ2v) is 5.43. The topological polar surface area (TPSA) is 41.6 Å². The van der Waals surface area contributed by atoms with Crippen LogP contribution in [0.4, 0.5) is 0 Å². The van der Waals surface area contributed by atoms with E-state index in [1.807, 2.05) is 14.0 Å². The van der Waals surface area contributed by atoms with Crippen molar-refractivity contribution in [2.24, 2.45) is 13.0 Å². The Kier molecular flexibility index (Phi) is 3.81. The number of aryl methyl sites for hydroxylation is 2. The van der Waals surface area contributed by atoms with Crippen molar-refractivity contribution in [1.29, 1.82) is 5.26 Å². The highest BCUT2D eigenvalue weighted by Crippen LogP contribution is 2.30. The average Bonchev–Trinajstić information content (AvgIpc) is 2.41. The first-order chi connectivity index (χ1) is 6.97. The number of aromatic nitrogens is 2. The summed E-state index contributed by atoms with van der Waals surface area (Å²) in [6.07, 6.45) is 0. The Hall–Kier alpha value is -0.950. The average molecular weight is 223 g/mol. The van der Waals surface area contributed by atoms with Gasteiger partial charge in [0.1, 0.15) is 16.7 Å². The van der Waals surface area contributed by atoms with Crippen LogP contribution in [0.5, 0.6) is 0 Å². The predicted molar refractivity (Wildman–Crippen MR) is 62.8 cm³/mol. The van der Waals surface area contributed by atoms with Gasteiger partial charge in [0.2, 0.25) is 0 Å². The van der Waals surface area contributed by atoms with Gasteiger partial charge in [-0.25, -0.2) is 0 Å². The predicted octanol–water partition coefficient (Wildman–Crippen LogP) is 2.74. The summed E-state index contributed by atoms with van der Waals surface area (Å²) >= 11 is 1.73. The highest BCUT2D eigenvalue weighted by molar-refractivity contribution is 7.99. The van der Waals surface area contributed by atoms with E-state index in [9.17, 15) is 0 Å². The molecule has 1 atom stereocenters. The maximum atomic E-state index is 9.05. The van der Waals surface area contributed by atoms with Gasteiger partial charge in [-0.05, 0) is 12.8 Å². The van der Waals surface area contributed by atoms with Crippen molar-refractivity contribution in [2.75, 3.05) is 0 Å². The third-order valence-electron chi connectivity index (χ3n) is 2.52. The molecular weight excluding hydrogens is 206 g/mol. The lowest BCUT2D eigenvalue weighted by Gasteiger charge is -2.14. The maximum Gasteiger partial charge on any atom is 0.112 e. The molecular formula is C11H17N3S. The number of nitriles is 1. The monoisotopic (exact) mass is 223 g/mol. The first-order valence-electron chi connectivity index (χ1n) is 5.07. The number of hydrogen-bond acceptors (Lipinski definition) is 3. The van der Waals surface area contributed by atoms with Crippen molar-refractivity contribution < 1.29 is 0 Å². The second-order valence-electron chi connectivity index (χ2n) is 4.07. The summed E-state index contributed by atoms with van der Waals surface area (Å²) < 4.78 is 1.80. The molecule has 0 radical (unpaired) electrons. The van der Waals surface area contributed by atoms with Crippen LogP contribution in [0.15, 0.2) is 5.03 Å². The molecule has 0 aliphatic heterocycles. The van der Waals surface area contributed by atoms with E-state index in [4.69, 9.17) is 5.26 Å². The highest BCUT2D eigenvalue weighted by Gasteiger charge is 2.17.